The number of carbonyl (C=O) groups is 2. The summed E-state index contributed by atoms with van der Waals surface area (Å²) in [7, 11) is 2.91. The topological polar surface area (TPSA) is 55.8 Å². The molecule has 0 saturated carbocycles. The summed E-state index contributed by atoms with van der Waals surface area (Å²) in [6.45, 7) is 0. The average molecular weight is 361 g/mol. The SMILES string of the molecule is COC(=O)c1ccc(N(C(=O)c2ccc(OC)cc2)c2ccccc2)cc1. The minimum Gasteiger partial charge on any atom is -0.497 e. The summed E-state index contributed by atoms with van der Waals surface area (Å²) in [6.07, 6.45) is 0. The van der Waals surface area contributed by atoms with Gasteiger partial charge < -0.3 is 9.47 Å². The number of hydrogen-bond donors (Lipinski definition) is 0. The zero-order valence-electron chi connectivity index (χ0n) is 15.1. The van der Waals surface area contributed by atoms with Crippen LogP contribution >= 0.6 is 0 Å². The van der Waals surface area contributed by atoms with Gasteiger partial charge in [-0.25, -0.2) is 4.79 Å². The Morgan fingerprint density at radius 2 is 1.26 bits per heavy atom. The Balaban J connectivity index is 2.01. The van der Waals surface area contributed by atoms with Crippen LogP contribution in [0.25, 0.3) is 0 Å². The molecule has 0 fully saturated rings. The standard InChI is InChI=1S/C22H19NO4/c1-26-20-14-10-16(11-15-20)21(24)23(18-6-4-3-5-7-18)19-12-8-17(9-13-19)22(25)27-2/h3-15H,1-2H3. The summed E-state index contributed by atoms with van der Waals surface area (Å²) in [5.74, 6) is 0.0733. The lowest BCUT2D eigenvalue weighted by molar-refractivity contribution is 0.0600. The van der Waals surface area contributed by atoms with Gasteiger partial charge >= 0.3 is 5.97 Å². The minimum absolute atomic E-state index is 0.185. The highest BCUT2D eigenvalue weighted by Crippen LogP contribution is 2.28. The molecule has 5 heteroatoms. The molecule has 136 valence electrons. The van der Waals surface area contributed by atoms with E-state index in [9.17, 15) is 9.59 Å². The van der Waals surface area contributed by atoms with Crippen LogP contribution < -0.4 is 9.64 Å². The number of rotatable bonds is 5. The molecule has 3 aromatic carbocycles. The third-order valence-corrected chi connectivity index (χ3v) is 4.10. The fourth-order valence-corrected chi connectivity index (χ4v) is 2.69. The predicted octanol–water partition coefficient (Wildman–Crippen LogP) is 4.46. The van der Waals surface area contributed by atoms with Crippen molar-refractivity contribution in [2.24, 2.45) is 0 Å². The summed E-state index contributed by atoms with van der Waals surface area (Å²) < 4.78 is 9.88. The van der Waals surface area contributed by atoms with E-state index >= 15 is 0 Å². The Morgan fingerprint density at radius 1 is 0.704 bits per heavy atom. The fourth-order valence-electron chi connectivity index (χ4n) is 2.69. The molecule has 0 radical (unpaired) electrons. The molecule has 0 N–H and O–H groups in total. The van der Waals surface area contributed by atoms with E-state index in [1.807, 2.05) is 30.3 Å². The molecule has 0 heterocycles. The van der Waals surface area contributed by atoms with Crippen molar-refractivity contribution < 1.29 is 19.1 Å². The molecule has 0 aliphatic carbocycles. The zero-order valence-corrected chi connectivity index (χ0v) is 15.1. The zero-order chi connectivity index (χ0) is 19.2. The molecule has 0 unspecified atom stereocenters. The van der Waals surface area contributed by atoms with Gasteiger partial charge in [0.15, 0.2) is 0 Å². The van der Waals surface area contributed by atoms with Crippen molar-refractivity contribution in [2.45, 2.75) is 0 Å². The Hall–Kier alpha value is -3.60. The smallest absolute Gasteiger partial charge is 0.337 e. The highest BCUT2D eigenvalue weighted by Gasteiger charge is 2.20. The molecule has 3 aromatic rings. The van der Waals surface area contributed by atoms with E-state index in [0.29, 0.717) is 22.6 Å². The van der Waals surface area contributed by atoms with Gasteiger partial charge in [0.1, 0.15) is 5.75 Å². The van der Waals surface area contributed by atoms with Crippen molar-refractivity contribution >= 4 is 23.3 Å². The van der Waals surface area contributed by atoms with Crippen LogP contribution in [0.5, 0.6) is 5.75 Å². The van der Waals surface area contributed by atoms with Gasteiger partial charge in [0, 0.05) is 16.9 Å². The van der Waals surface area contributed by atoms with Gasteiger partial charge in [-0.2, -0.15) is 0 Å². The molecular formula is C22H19NO4. The van der Waals surface area contributed by atoms with Crippen LogP contribution in [-0.2, 0) is 4.74 Å². The number of carbonyl (C=O) groups excluding carboxylic acids is 2. The molecule has 0 aliphatic rings. The van der Waals surface area contributed by atoms with Crippen LogP contribution in [0.4, 0.5) is 11.4 Å². The lowest BCUT2D eigenvalue weighted by Gasteiger charge is -2.23. The number of esters is 1. The second kappa shape index (κ2) is 8.19. The molecule has 27 heavy (non-hydrogen) atoms. The van der Waals surface area contributed by atoms with Crippen LogP contribution in [0.2, 0.25) is 0 Å². The molecule has 0 spiro atoms. The van der Waals surface area contributed by atoms with Crippen molar-refractivity contribution in [3.8, 4) is 5.75 Å². The van der Waals surface area contributed by atoms with Crippen molar-refractivity contribution in [1.82, 2.24) is 0 Å². The second-order valence-electron chi connectivity index (χ2n) is 5.74. The maximum absolute atomic E-state index is 13.2. The van der Waals surface area contributed by atoms with E-state index in [-0.39, 0.29) is 5.91 Å². The first-order chi connectivity index (χ1) is 13.1. The fraction of sp³-hybridized carbons (Fsp3) is 0.0909. The Labute approximate surface area is 157 Å². The van der Waals surface area contributed by atoms with Gasteiger partial charge in [-0.05, 0) is 60.7 Å². The molecule has 3 rings (SSSR count). The van der Waals surface area contributed by atoms with E-state index < -0.39 is 5.97 Å². The van der Waals surface area contributed by atoms with E-state index in [1.165, 1.54) is 7.11 Å². The molecule has 0 aromatic heterocycles. The van der Waals surface area contributed by atoms with Crippen molar-refractivity contribution in [3.63, 3.8) is 0 Å². The van der Waals surface area contributed by atoms with Crippen LogP contribution in [0.3, 0.4) is 0 Å². The average Bonchev–Trinajstić information content (AvgIpc) is 2.74. The van der Waals surface area contributed by atoms with Crippen LogP contribution in [-0.4, -0.2) is 26.1 Å². The lowest BCUT2D eigenvalue weighted by Crippen LogP contribution is -2.26. The molecule has 0 aliphatic heterocycles. The van der Waals surface area contributed by atoms with Gasteiger partial charge in [-0.3, -0.25) is 9.69 Å². The number of methoxy groups -OCH3 is 2. The second-order valence-corrected chi connectivity index (χ2v) is 5.74. The summed E-state index contributed by atoms with van der Waals surface area (Å²) in [4.78, 5) is 26.5. The monoisotopic (exact) mass is 361 g/mol. The van der Waals surface area contributed by atoms with Gasteiger partial charge in [-0.15, -0.1) is 0 Å². The Morgan fingerprint density at radius 3 is 1.81 bits per heavy atom. The van der Waals surface area contributed by atoms with Gasteiger partial charge in [0.2, 0.25) is 0 Å². The first-order valence-electron chi connectivity index (χ1n) is 8.36. The van der Waals surface area contributed by atoms with E-state index in [4.69, 9.17) is 9.47 Å². The van der Waals surface area contributed by atoms with Crippen LogP contribution in [0.1, 0.15) is 20.7 Å². The quantitative estimate of drug-likeness (QED) is 0.630. The number of hydrogen-bond acceptors (Lipinski definition) is 4. The predicted molar refractivity (Wildman–Crippen MR) is 104 cm³/mol. The largest absolute Gasteiger partial charge is 0.497 e. The molecule has 5 nitrogen and oxygen atoms in total. The summed E-state index contributed by atoms with van der Waals surface area (Å²) in [5, 5.41) is 0. The number of para-hydroxylation sites is 1. The van der Waals surface area contributed by atoms with Crippen LogP contribution in [0, 0.1) is 0 Å². The number of anilines is 2. The summed E-state index contributed by atoms with van der Waals surface area (Å²) in [5.41, 5.74) is 2.32. The van der Waals surface area contributed by atoms with Gasteiger partial charge in [0.05, 0.1) is 19.8 Å². The summed E-state index contributed by atoms with van der Waals surface area (Å²) in [6, 6.07) is 23.0. The third-order valence-electron chi connectivity index (χ3n) is 4.10. The van der Waals surface area contributed by atoms with E-state index in [1.54, 1.807) is 60.5 Å². The third kappa shape index (κ3) is 3.98. The number of benzene rings is 3. The van der Waals surface area contributed by atoms with Crippen molar-refractivity contribution in [2.75, 3.05) is 19.1 Å². The van der Waals surface area contributed by atoms with Crippen molar-refractivity contribution in [3.05, 3.63) is 90.0 Å². The molecular weight excluding hydrogens is 342 g/mol. The normalized spacial score (nSPS) is 10.1. The van der Waals surface area contributed by atoms with Gasteiger partial charge in [0.25, 0.3) is 5.91 Å². The van der Waals surface area contributed by atoms with E-state index in [2.05, 4.69) is 0 Å². The number of ether oxygens (including phenoxy) is 2. The molecule has 0 saturated heterocycles. The number of nitrogens with zero attached hydrogens (tertiary/aromatic N) is 1. The maximum Gasteiger partial charge on any atom is 0.337 e. The highest BCUT2D eigenvalue weighted by atomic mass is 16.5. The lowest BCUT2D eigenvalue weighted by atomic mass is 10.1. The molecule has 0 atom stereocenters. The first kappa shape index (κ1) is 18.2. The van der Waals surface area contributed by atoms with Crippen LogP contribution in [0.15, 0.2) is 78.9 Å². The Kier molecular flexibility index (Phi) is 5.52. The summed E-state index contributed by atoms with van der Waals surface area (Å²) >= 11 is 0. The van der Waals surface area contributed by atoms with Gasteiger partial charge in [-0.1, -0.05) is 18.2 Å². The number of amides is 1. The molecule has 0 bridgehead atoms. The first-order valence-corrected chi connectivity index (χ1v) is 8.36. The maximum atomic E-state index is 13.2. The highest BCUT2D eigenvalue weighted by molar-refractivity contribution is 6.11. The van der Waals surface area contributed by atoms with E-state index in [0.717, 1.165) is 5.69 Å². The van der Waals surface area contributed by atoms with Crippen molar-refractivity contribution in [1.29, 1.82) is 0 Å². The Bertz CT molecular complexity index is 919. The molecule has 1 amide bonds. The minimum atomic E-state index is -0.422.